The standard InChI is InChI=1S/C20H19Cl2N3O4/c21-15-5-1-13(2-6-15)11-23-18(26)19(27)24-12-17-25(9-10-29-17)20(28)14-3-7-16(22)8-4-14/h1-8,17H,9-12H2,(H,23,26)(H,24,27)/t17-/m1/s1. The Kier molecular flexibility index (Phi) is 7.09. The minimum Gasteiger partial charge on any atom is -0.355 e. The average Bonchev–Trinajstić information content (AvgIpc) is 3.20. The molecule has 29 heavy (non-hydrogen) atoms. The predicted octanol–water partition coefficient (Wildman–Crippen LogP) is 2.22. The normalized spacial score (nSPS) is 15.8. The van der Waals surface area contributed by atoms with Gasteiger partial charge in [-0.25, -0.2) is 0 Å². The van der Waals surface area contributed by atoms with Crippen LogP contribution >= 0.6 is 23.2 Å². The first kappa shape index (κ1) is 21.1. The quantitative estimate of drug-likeness (QED) is 0.704. The number of rotatable bonds is 5. The number of ether oxygens (including phenoxy) is 1. The largest absolute Gasteiger partial charge is 0.355 e. The number of amides is 3. The Hall–Kier alpha value is -2.61. The topological polar surface area (TPSA) is 87.7 Å². The summed E-state index contributed by atoms with van der Waals surface area (Å²) in [7, 11) is 0. The molecule has 152 valence electrons. The summed E-state index contributed by atoms with van der Waals surface area (Å²) >= 11 is 11.7. The molecule has 3 amide bonds. The molecule has 0 aromatic heterocycles. The maximum absolute atomic E-state index is 12.6. The molecular formula is C20H19Cl2N3O4. The van der Waals surface area contributed by atoms with E-state index in [0.29, 0.717) is 28.8 Å². The van der Waals surface area contributed by atoms with Gasteiger partial charge in [0, 0.05) is 28.7 Å². The highest BCUT2D eigenvalue weighted by atomic mass is 35.5. The van der Waals surface area contributed by atoms with Crippen molar-refractivity contribution >= 4 is 40.9 Å². The zero-order valence-electron chi connectivity index (χ0n) is 15.4. The van der Waals surface area contributed by atoms with Crippen molar-refractivity contribution < 1.29 is 19.1 Å². The predicted molar refractivity (Wildman–Crippen MR) is 109 cm³/mol. The van der Waals surface area contributed by atoms with Crippen LogP contribution in [-0.4, -0.2) is 48.5 Å². The smallest absolute Gasteiger partial charge is 0.309 e. The molecule has 1 heterocycles. The van der Waals surface area contributed by atoms with E-state index in [0.717, 1.165) is 5.56 Å². The van der Waals surface area contributed by atoms with Gasteiger partial charge in [0.25, 0.3) is 5.91 Å². The first-order chi connectivity index (χ1) is 13.9. The van der Waals surface area contributed by atoms with E-state index in [1.54, 1.807) is 48.5 Å². The van der Waals surface area contributed by atoms with E-state index in [1.165, 1.54) is 4.90 Å². The molecule has 1 aliphatic heterocycles. The van der Waals surface area contributed by atoms with Gasteiger partial charge in [-0.2, -0.15) is 0 Å². The van der Waals surface area contributed by atoms with E-state index in [9.17, 15) is 14.4 Å². The molecule has 0 bridgehead atoms. The molecule has 1 saturated heterocycles. The van der Waals surface area contributed by atoms with Gasteiger partial charge in [-0.3, -0.25) is 14.4 Å². The van der Waals surface area contributed by atoms with Crippen LogP contribution in [0.2, 0.25) is 10.0 Å². The second-order valence-corrected chi connectivity index (χ2v) is 7.22. The van der Waals surface area contributed by atoms with E-state index in [4.69, 9.17) is 27.9 Å². The lowest BCUT2D eigenvalue weighted by molar-refractivity contribution is -0.139. The summed E-state index contributed by atoms with van der Waals surface area (Å²) in [5.41, 5.74) is 1.28. The second-order valence-electron chi connectivity index (χ2n) is 6.35. The molecule has 2 aromatic carbocycles. The summed E-state index contributed by atoms with van der Waals surface area (Å²) in [4.78, 5) is 38.2. The Balaban J connectivity index is 1.49. The van der Waals surface area contributed by atoms with Crippen molar-refractivity contribution in [3.05, 3.63) is 69.7 Å². The number of carbonyl (C=O) groups excluding carboxylic acids is 3. The van der Waals surface area contributed by atoms with Crippen molar-refractivity contribution in [3.63, 3.8) is 0 Å². The molecule has 7 nitrogen and oxygen atoms in total. The molecule has 0 unspecified atom stereocenters. The van der Waals surface area contributed by atoms with Crippen LogP contribution in [-0.2, 0) is 20.9 Å². The molecule has 1 atom stereocenters. The van der Waals surface area contributed by atoms with E-state index in [2.05, 4.69) is 10.6 Å². The van der Waals surface area contributed by atoms with Gasteiger partial charge in [0.1, 0.15) is 6.23 Å². The summed E-state index contributed by atoms with van der Waals surface area (Å²) in [6.07, 6.45) is -0.647. The fraction of sp³-hybridized carbons (Fsp3) is 0.250. The molecule has 0 aliphatic carbocycles. The van der Waals surface area contributed by atoms with Crippen LogP contribution in [0, 0.1) is 0 Å². The Morgan fingerprint density at radius 2 is 1.52 bits per heavy atom. The number of halogens is 2. The van der Waals surface area contributed by atoms with E-state index >= 15 is 0 Å². The fourth-order valence-electron chi connectivity index (χ4n) is 2.81. The molecule has 3 rings (SSSR count). The molecule has 9 heteroatoms. The molecule has 0 radical (unpaired) electrons. The van der Waals surface area contributed by atoms with E-state index < -0.39 is 18.0 Å². The van der Waals surface area contributed by atoms with E-state index in [1.807, 2.05) is 0 Å². The fourth-order valence-corrected chi connectivity index (χ4v) is 3.06. The summed E-state index contributed by atoms with van der Waals surface area (Å²) < 4.78 is 5.52. The Bertz CT molecular complexity index is 888. The second kappa shape index (κ2) is 9.73. The van der Waals surface area contributed by atoms with Gasteiger partial charge in [-0.1, -0.05) is 35.3 Å². The SMILES string of the molecule is O=C(NCc1ccc(Cl)cc1)C(=O)NC[C@H]1OCCN1C(=O)c1ccc(Cl)cc1. The molecule has 0 saturated carbocycles. The summed E-state index contributed by atoms with van der Waals surface area (Å²) in [6, 6.07) is 13.4. The van der Waals surface area contributed by atoms with Gasteiger partial charge >= 0.3 is 11.8 Å². The maximum atomic E-state index is 12.6. The highest BCUT2D eigenvalue weighted by molar-refractivity contribution is 6.35. The Morgan fingerprint density at radius 3 is 2.17 bits per heavy atom. The maximum Gasteiger partial charge on any atom is 0.309 e. The van der Waals surface area contributed by atoms with Crippen LogP contribution in [0.5, 0.6) is 0 Å². The highest BCUT2D eigenvalue weighted by Crippen LogP contribution is 2.16. The summed E-state index contributed by atoms with van der Waals surface area (Å²) in [6.45, 7) is 0.949. The monoisotopic (exact) mass is 435 g/mol. The number of hydrogen-bond donors (Lipinski definition) is 2. The van der Waals surface area contributed by atoms with Crippen LogP contribution in [0.3, 0.4) is 0 Å². The average molecular weight is 436 g/mol. The van der Waals surface area contributed by atoms with Crippen molar-refractivity contribution in [2.75, 3.05) is 19.7 Å². The van der Waals surface area contributed by atoms with Crippen molar-refractivity contribution in [2.45, 2.75) is 12.8 Å². The van der Waals surface area contributed by atoms with Crippen molar-refractivity contribution in [3.8, 4) is 0 Å². The lowest BCUT2D eigenvalue weighted by atomic mass is 10.2. The van der Waals surface area contributed by atoms with Crippen molar-refractivity contribution in [2.24, 2.45) is 0 Å². The van der Waals surface area contributed by atoms with Crippen molar-refractivity contribution in [1.82, 2.24) is 15.5 Å². The number of carbonyl (C=O) groups is 3. The minimum atomic E-state index is -0.798. The van der Waals surface area contributed by atoms with Crippen LogP contribution in [0.25, 0.3) is 0 Å². The van der Waals surface area contributed by atoms with Crippen LogP contribution in [0.1, 0.15) is 15.9 Å². The Morgan fingerprint density at radius 1 is 0.931 bits per heavy atom. The van der Waals surface area contributed by atoms with Gasteiger partial charge in [-0.15, -0.1) is 0 Å². The van der Waals surface area contributed by atoms with Gasteiger partial charge in [0.05, 0.1) is 13.2 Å². The third-order valence-electron chi connectivity index (χ3n) is 4.35. The Labute approximate surface area is 177 Å². The minimum absolute atomic E-state index is 0.00648. The molecule has 1 fully saturated rings. The summed E-state index contributed by atoms with van der Waals surface area (Å²) in [5.74, 6) is -1.80. The zero-order valence-corrected chi connectivity index (χ0v) is 16.9. The number of nitrogens with zero attached hydrogens (tertiary/aromatic N) is 1. The van der Waals surface area contributed by atoms with Gasteiger partial charge in [0.15, 0.2) is 0 Å². The highest BCUT2D eigenvalue weighted by Gasteiger charge is 2.31. The van der Waals surface area contributed by atoms with E-state index in [-0.39, 0.29) is 19.0 Å². The molecular weight excluding hydrogens is 417 g/mol. The lowest BCUT2D eigenvalue weighted by Gasteiger charge is -2.23. The third kappa shape index (κ3) is 5.69. The number of nitrogens with one attached hydrogen (secondary N) is 2. The number of benzene rings is 2. The van der Waals surface area contributed by atoms with Crippen LogP contribution < -0.4 is 10.6 Å². The first-order valence-corrected chi connectivity index (χ1v) is 9.68. The zero-order chi connectivity index (χ0) is 20.8. The van der Waals surface area contributed by atoms with Gasteiger partial charge in [0.2, 0.25) is 0 Å². The molecule has 1 aliphatic rings. The van der Waals surface area contributed by atoms with Crippen LogP contribution in [0.4, 0.5) is 0 Å². The van der Waals surface area contributed by atoms with Crippen LogP contribution in [0.15, 0.2) is 48.5 Å². The lowest BCUT2D eigenvalue weighted by Crippen LogP contribution is -2.47. The first-order valence-electron chi connectivity index (χ1n) is 8.92. The molecule has 2 N–H and O–H groups in total. The molecule has 0 spiro atoms. The van der Waals surface area contributed by atoms with Gasteiger partial charge < -0.3 is 20.3 Å². The summed E-state index contributed by atoms with van der Waals surface area (Å²) in [5, 5.41) is 6.16. The van der Waals surface area contributed by atoms with Crippen molar-refractivity contribution in [1.29, 1.82) is 0 Å². The van der Waals surface area contributed by atoms with Gasteiger partial charge in [-0.05, 0) is 42.0 Å². The third-order valence-corrected chi connectivity index (χ3v) is 4.86. The number of hydrogen-bond acceptors (Lipinski definition) is 4. The molecule has 2 aromatic rings.